The van der Waals surface area contributed by atoms with Crippen LogP contribution >= 0.6 is 0 Å². The highest BCUT2D eigenvalue weighted by atomic mass is 32.2. The quantitative estimate of drug-likeness (QED) is 0.560. The molecular formula is C19H24N4O4S. The van der Waals surface area contributed by atoms with Crippen molar-refractivity contribution in [1.82, 2.24) is 19.8 Å². The van der Waals surface area contributed by atoms with Crippen molar-refractivity contribution >= 4 is 21.8 Å². The second-order valence-corrected chi connectivity index (χ2v) is 9.20. The number of nitrogens with zero attached hydrogens (tertiary/aromatic N) is 3. The predicted molar refractivity (Wildman–Crippen MR) is 103 cm³/mol. The smallest absolute Gasteiger partial charge is 0.325 e. The fourth-order valence-electron chi connectivity index (χ4n) is 3.32. The fourth-order valence-corrected chi connectivity index (χ4v) is 3.95. The minimum atomic E-state index is -3.32. The van der Waals surface area contributed by atoms with Crippen LogP contribution < -0.4 is 5.32 Å². The Morgan fingerprint density at radius 3 is 2.32 bits per heavy atom. The van der Waals surface area contributed by atoms with E-state index < -0.39 is 21.4 Å². The van der Waals surface area contributed by atoms with Crippen LogP contribution in [0, 0.1) is 6.92 Å². The van der Waals surface area contributed by atoms with Crippen LogP contribution in [0.15, 0.2) is 41.6 Å². The molecule has 0 unspecified atom stereocenters. The molecule has 9 heteroatoms. The Morgan fingerprint density at radius 2 is 1.75 bits per heavy atom. The number of nitrogens with one attached hydrogen (secondary N) is 1. The number of imidazole rings is 1. The lowest BCUT2D eigenvalue weighted by atomic mass is 9.92. The number of rotatable bonds is 7. The van der Waals surface area contributed by atoms with Crippen molar-refractivity contribution < 1.29 is 18.0 Å². The first-order valence-electron chi connectivity index (χ1n) is 9.05. The number of urea groups is 1. The lowest BCUT2D eigenvalue weighted by Crippen LogP contribution is -2.41. The number of imide groups is 1. The summed E-state index contributed by atoms with van der Waals surface area (Å²) in [5.41, 5.74) is -0.650. The molecule has 28 heavy (non-hydrogen) atoms. The third-order valence-corrected chi connectivity index (χ3v) is 6.22. The number of aryl methyl sites for hydroxylation is 2. The normalized spacial score (nSPS) is 19.9. The standard InChI is InChI=1S/C19H24N4O4S/c1-14-20-10-13-22(14)11-4-5-12-23-17(24)19(2,21-18(23)25)15-6-8-16(9-7-15)28(3,26)27/h6-10,13H,4-5,11-12H2,1-3H3,(H,21,25)/t19-/m1/s1. The average Bonchev–Trinajstić information content (AvgIpc) is 3.14. The van der Waals surface area contributed by atoms with Crippen molar-refractivity contribution in [3.05, 3.63) is 48.0 Å². The van der Waals surface area contributed by atoms with Gasteiger partial charge < -0.3 is 9.88 Å². The highest BCUT2D eigenvalue weighted by Crippen LogP contribution is 2.29. The lowest BCUT2D eigenvalue weighted by Gasteiger charge is -2.22. The number of carbonyl (C=O) groups excluding carboxylic acids is 2. The lowest BCUT2D eigenvalue weighted by molar-refractivity contribution is -0.131. The zero-order valence-corrected chi connectivity index (χ0v) is 17.0. The van der Waals surface area contributed by atoms with Gasteiger partial charge in [-0.05, 0) is 44.4 Å². The van der Waals surface area contributed by atoms with Gasteiger partial charge in [-0.3, -0.25) is 9.69 Å². The van der Waals surface area contributed by atoms with E-state index in [1.165, 1.54) is 17.0 Å². The van der Waals surface area contributed by atoms with Gasteiger partial charge in [0.1, 0.15) is 11.4 Å². The van der Waals surface area contributed by atoms with Crippen molar-refractivity contribution in [1.29, 1.82) is 0 Å². The van der Waals surface area contributed by atoms with Crippen molar-refractivity contribution in [3.8, 4) is 0 Å². The maximum atomic E-state index is 12.9. The van der Waals surface area contributed by atoms with E-state index in [4.69, 9.17) is 0 Å². The molecule has 1 aromatic carbocycles. The van der Waals surface area contributed by atoms with Gasteiger partial charge in [0, 0.05) is 31.7 Å². The van der Waals surface area contributed by atoms with Gasteiger partial charge in [-0.25, -0.2) is 18.2 Å². The molecule has 0 radical (unpaired) electrons. The van der Waals surface area contributed by atoms with E-state index in [-0.39, 0.29) is 10.8 Å². The molecule has 1 fully saturated rings. The summed E-state index contributed by atoms with van der Waals surface area (Å²) in [6.45, 7) is 4.67. The SMILES string of the molecule is Cc1nccn1CCCCN1C(=O)N[C@](C)(c2ccc(S(C)(=O)=O)cc2)C1=O. The topological polar surface area (TPSA) is 101 Å². The number of amides is 3. The third-order valence-electron chi connectivity index (χ3n) is 5.09. The second kappa shape index (κ2) is 7.38. The summed E-state index contributed by atoms with van der Waals surface area (Å²) in [6, 6.07) is 5.61. The number of hydrogen-bond acceptors (Lipinski definition) is 5. The Balaban J connectivity index is 1.65. The number of benzene rings is 1. The van der Waals surface area contributed by atoms with Crippen LogP contribution in [-0.2, 0) is 26.7 Å². The van der Waals surface area contributed by atoms with Gasteiger partial charge in [-0.1, -0.05) is 12.1 Å². The molecule has 1 saturated heterocycles. The van der Waals surface area contributed by atoms with Gasteiger partial charge in [0.2, 0.25) is 0 Å². The summed E-state index contributed by atoms with van der Waals surface area (Å²) in [7, 11) is -3.32. The fraction of sp³-hybridized carbons (Fsp3) is 0.421. The molecule has 1 aliphatic rings. The average molecular weight is 404 g/mol. The number of hydrogen-bond donors (Lipinski definition) is 1. The van der Waals surface area contributed by atoms with Crippen LogP contribution in [0.4, 0.5) is 4.79 Å². The summed E-state index contributed by atoms with van der Waals surface area (Å²) >= 11 is 0. The minimum Gasteiger partial charge on any atom is -0.335 e. The maximum absolute atomic E-state index is 12.9. The predicted octanol–water partition coefficient (Wildman–Crippen LogP) is 1.84. The van der Waals surface area contributed by atoms with E-state index >= 15 is 0 Å². The third kappa shape index (κ3) is 3.80. The second-order valence-electron chi connectivity index (χ2n) is 7.18. The zero-order valence-electron chi connectivity index (χ0n) is 16.2. The van der Waals surface area contributed by atoms with Gasteiger partial charge in [0.25, 0.3) is 5.91 Å². The van der Waals surface area contributed by atoms with Crippen LogP contribution in [0.25, 0.3) is 0 Å². The number of unbranched alkanes of at least 4 members (excludes halogenated alkanes) is 1. The van der Waals surface area contributed by atoms with Crippen LogP contribution in [0.3, 0.4) is 0 Å². The molecule has 1 N–H and O–H groups in total. The first-order valence-corrected chi connectivity index (χ1v) is 10.9. The molecule has 8 nitrogen and oxygen atoms in total. The van der Waals surface area contributed by atoms with Crippen LogP contribution in [-0.4, -0.2) is 47.6 Å². The van der Waals surface area contributed by atoms with E-state index in [2.05, 4.69) is 10.3 Å². The molecular weight excluding hydrogens is 380 g/mol. The molecule has 1 aliphatic heterocycles. The zero-order chi connectivity index (χ0) is 20.5. The van der Waals surface area contributed by atoms with Crippen molar-refractivity contribution in [3.63, 3.8) is 0 Å². The molecule has 2 heterocycles. The van der Waals surface area contributed by atoms with Crippen molar-refractivity contribution in [2.75, 3.05) is 12.8 Å². The molecule has 3 amide bonds. The Kier molecular flexibility index (Phi) is 5.29. The van der Waals surface area contributed by atoms with Gasteiger partial charge >= 0.3 is 6.03 Å². The number of carbonyl (C=O) groups is 2. The maximum Gasteiger partial charge on any atom is 0.325 e. The number of sulfone groups is 1. The van der Waals surface area contributed by atoms with Crippen LogP contribution in [0.5, 0.6) is 0 Å². The van der Waals surface area contributed by atoms with E-state index in [1.54, 1.807) is 25.3 Å². The van der Waals surface area contributed by atoms with E-state index in [1.807, 2.05) is 17.7 Å². The van der Waals surface area contributed by atoms with Crippen LogP contribution in [0.2, 0.25) is 0 Å². The summed E-state index contributed by atoms with van der Waals surface area (Å²) in [5.74, 6) is 0.600. The van der Waals surface area contributed by atoms with E-state index in [0.29, 0.717) is 18.5 Å². The molecule has 0 spiro atoms. The summed E-state index contributed by atoms with van der Waals surface area (Å²) in [6.07, 6.45) is 6.26. The number of aromatic nitrogens is 2. The summed E-state index contributed by atoms with van der Waals surface area (Å²) in [5, 5.41) is 2.74. The molecule has 3 rings (SSSR count). The Morgan fingerprint density at radius 1 is 1.11 bits per heavy atom. The molecule has 0 saturated carbocycles. The summed E-state index contributed by atoms with van der Waals surface area (Å²) in [4.78, 5) is 30.8. The summed E-state index contributed by atoms with van der Waals surface area (Å²) < 4.78 is 25.3. The molecule has 0 aliphatic carbocycles. The van der Waals surface area contributed by atoms with Gasteiger partial charge in [-0.15, -0.1) is 0 Å². The molecule has 2 aromatic rings. The van der Waals surface area contributed by atoms with E-state index in [0.717, 1.165) is 25.0 Å². The first kappa shape index (κ1) is 20.1. The van der Waals surface area contributed by atoms with Crippen molar-refractivity contribution in [2.45, 2.75) is 43.7 Å². The molecule has 150 valence electrons. The minimum absolute atomic E-state index is 0.170. The molecule has 1 atom stereocenters. The molecule has 1 aromatic heterocycles. The highest BCUT2D eigenvalue weighted by Gasteiger charge is 2.48. The Bertz CT molecular complexity index is 997. The Hall–Kier alpha value is -2.68. The first-order chi connectivity index (χ1) is 13.1. The Labute approximate surface area is 164 Å². The van der Waals surface area contributed by atoms with Gasteiger partial charge in [0.05, 0.1) is 4.90 Å². The van der Waals surface area contributed by atoms with Gasteiger partial charge in [0.15, 0.2) is 9.84 Å². The monoisotopic (exact) mass is 404 g/mol. The molecule has 0 bridgehead atoms. The van der Waals surface area contributed by atoms with Crippen LogP contribution in [0.1, 0.15) is 31.2 Å². The van der Waals surface area contributed by atoms with Gasteiger partial charge in [-0.2, -0.15) is 0 Å². The largest absolute Gasteiger partial charge is 0.335 e. The highest BCUT2D eigenvalue weighted by molar-refractivity contribution is 7.90. The van der Waals surface area contributed by atoms with E-state index in [9.17, 15) is 18.0 Å². The van der Waals surface area contributed by atoms with Crippen molar-refractivity contribution in [2.24, 2.45) is 0 Å².